The average Bonchev–Trinajstić information content (AvgIpc) is 3.04. The molecule has 0 N–H and O–H groups in total. The summed E-state index contributed by atoms with van der Waals surface area (Å²) >= 11 is 6.11. The van der Waals surface area contributed by atoms with E-state index in [0.29, 0.717) is 16.6 Å². The number of hydrogen-bond donors (Lipinski definition) is 0. The zero-order valence-electron chi connectivity index (χ0n) is 19.5. The van der Waals surface area contributed by atoms with Gasteiger partial charge < -0.3 is 9.64 Å². The molecule has 0 radical (unpaired) electrons. The van der Waals surface area contributed by atoms with Gasteiger partial charge in [0.1, 0.15) is 0 Å². The summed E-state index contributed by atoms with van der Waals surface area (Å²) in [6, 6.07) is 7.78. The second kappa shape index (κ2) is 10.6. The molecule has 1 amide bonds. The van der Waals surface area contributed by atoms with Crippen molar-refractivity contribution in [2.24, 2.45) is 5.92 Å². The molecule has 6 nitrogen and oxygen atoms in total. The molecule has 2 aromatic rings. The summed E-state index contributed by atoms with van der Waals surface area (Å²) in [7, 11) is 0. The van der Waals surface area contributed by atoms with Crippen molar-refractivity contribution in [2.75, 3.05) is 45.9 Å². The molecule has 1 aromatic carbocycles. The maximum absolute atomic E-state index is 13.6. The van der Waals surface area contributed by atoms with E-state index in [4.69, 9.17) is 21.4 Å². The molecular formula is C26H35ClN4O2. The Morgan fingerprint density at radius 2 is 1.73 bits per heavy atom. The SMILES string of the molecule is O=C(c1nn(-c2ccc(Cl)cc2)c2c1CCCCC2)N1CCC(CCN2CCOCC2)CC1. The molecule has 3 aliphatic rings. The van der Waals surface area contributed by atoms with Gasteiger partial charge in [0.15, 0.2) is 5.69 Å². The molecule has 2 fully saturated rings. The minimum atomic E-state index is 0.118. The van der Waals surface area contributed by atoms with Crippen molar-refractivity contribution in [3.63, 3.8) is 0 Å². The average molecular weight is 471 g/mol. The summed E-state index contributed by atoms with van der Waals surface area (Å²) < 4.78 is 7.46. The number of benzene rings is 1. The van der Waals surface area contributed by atoms with E-state index >= 15 is 0 Å². The van der Waals surface area contributed by atoms with Crippen LogP contribution in [0.4, 0.5) is 0 Å². The van der Waals surface area contributed by atoms with Crippen LogP contribution in [-0.2, 0) is 17.6 Å². The summed E-state index contributed by atoms with van der Waals surface area (Å²) in [4.78, 5) is 18.2. The predicted molar refractivity (Wildman–Crippen MR) is 130 cm³/mol. The summed E-state index contributed by atoms with van der Waals surface area (Å²) in [5.41, 5.74) is 4.03. The van der Waals surface area contributed by atoms with Crippen LogP contribution in [-0.4, -0.2) is 71.4 Å². The van der Waals surface area contributed by atoms with Crippen molar-refractivity contribution < 1.29 is 9.53 Å². The number of fused-ring (bicyclic) bond motifs is 1. The van der Waals surface area contributed by atoms with Gasteiger partial charge in [-0.3, -0.25) is 9.69 Å². The Hall–Kier alpha value is -1.89. The van der Waals surface area contributed by atoms with Gasteiger partial charge in [0, 0.05) is 42.5 Å². The van der Waals surface area contributed by atoms with Crippen LogP contribution >= 0.6 is 11.6 Å². The number of halogens is 1. The topological polar surface area (TPSA) is 50.6 Å². The van der Waals surface area contributed by atoms with Crippen LogP contribution in [0.25, 0.3) is 5.69 Å². The van der Waals surface area contributed by atoms with E-state index in [0.717, 1.165) is 90.1 Å². The maximum Gasteiger partial charge on any atom is 0.274 e. The number of amides is 1. The molecule has 1 aliphatic carbocycles. The van der Waals surface area contributed by atoms with Crippen LogP contribution in [0, 0.1) is 5.92 Å². The maximum atomic E-state index is 13.6. The van der Waals surface area contributed by atoms with Gasteiger partial charge in [-0.05, 0) is 81.7 Å². The number of aromatic nitrogens is 2. The first-order valence-electron chi connectivity index (χ1n) is 12.6. The van der Waals surface area contributed by atoms with Crippen LogP contribution in [0.5, 0.6) is 0 Å². The van der Waals surface area contributed by atoms with Gasteiger partial charge in [-0.25, -0.2) is 4.68 Å². The van der Waals surface area contributed by atoms with Crippen LogP contribution < -0.4 is 0 Å². The van der Waals surface area contributed by atoms with E-state index in [9.17, 15) is 4.79 Å². The Kier molecular flexibility index (Phi) is 7.34. The Balaban J connectivity index is 1.27. The summed E-state index contributed by atoms with van der Waals surface area (Å²) in [5.74, 6) is 0.827. The lowest BCUT2D eigenvalue weighted by Gasteiger charge is -2.33. The molecule has 2 aliphatic heterocycles. The number of hydrogen-bond acceptors (Lipinski definition) is 4. The summed E-state index contributed by atoms with van der Waals surface area (Å²) in [6.07, 6.45) is 8.81. The lowest BCUT2D eigenvalue weighted by atomic mass is 9.93. The van der Waals surface area contributed by atoms with E-state index in [1.807, 2.05) is 33.8 Å². The van der Waals surface area contributed by atoms with E-state index < -0.39 is 0 Å². The molecule has 7 heteroatoms. The minimum absolute atomic E-state index is 0.118. The monoisotopic (exact) mass is 470 g/mol. The molecule has 5 rings (SSSR count). The Bertz CT molecular complexity index is 944. The van der Waals surface area contributed by atoms with Crippen molar-refractivity contribution in [2.45, 2.75) is 51.4 Å². The van der Waals surface area contributed by atoms with E-state index in [2.05, 4.69) is 4.90 Å². The predicted octanol–water partition coefficient (Wildman–Crippen LogP) is 4.37. The largest absolute Gasteiger partial charge is 0.379 e. The molecule has 0 atom stereocenters. The normalized spacial score (nSPS) is 20.5. The third-order valence-electron chi connectivity index (χ3n) is 7.56. The third-order valence-corrected chi connectivity index (χ3v) is 7.81. The van der Waals surface area contributed by atoms with Gasteiger partial charge in [-0.2, -0.15) is 5.10 Å². The molecule has 3 heterocycles. The lowest BCUT2D eigenvalue weighted by molar-refractivity contribution is 0.0332. The highest BCUT2D eigenvalue weighted by atomic mass is 35.5. The zero-order valence-corrected chi connectivity index (χ0v) is 20.2. The van der Waals surface area contributed by atoms with Gasteiger partial charge in [-0.15, -0.1) is 0 Å². The number of ether oxygens (including phenoxy) is 1. The first kappa shape index (κ1) is 22.9. The van der Waals surface area contributed by atoms with Crippen LogP contribution in [0.1, 0.15) is 60.3 Å². The van der Waals surface area contributed by atoms with Gasteiger partial charge in [0.05, 0.1) is 18.9 Å². The Labute approximate surface area is 201 Å². The van der Waals surface area contributed by atoms with Crippen molar-refractivity contribution in [1.29, 1.82) is 0 Å². The van der Waals surface area contributed by atoms with Gasteiger partial charge >= 0.3 is 0 Å². The fraction of sp³-hybridized carbons (Fsp3) is 0.615. The number of carbonyl (C=O) groups is 1. The molecule has 178 valence electrons. The highest BCUT2D eigenvalue weighted by Crippen LogP contribution is 2.29. The van der Waals surface area contributed by atoms with Crippen LogP contribution in [0.2, 0.25) is 5.02 Å². The van der Waals surface area contributed by atoms with Crippen molar-refractivity contribution in [3.8, 4) is 5.69 Å². The second-order valence-corrected chi connectivity index (χ2v) is 10.1. The van der Waals surface area contributed by atoms with E-state index in [1.54, 1.807) is 0 Å². The molecule has 1 aromatic heterocycles. The summed E-state index contributed by atoms with van der Waals surface area (Å²) in [6.45, 7) is 6.67. The Morgan fingerprint density at radius 3 is 2.48 bits per heavy atom. The number of likely N-dealkylation sites (tertiary alicyclic amines) is 1. The molecule has 0 unspecified atom stereocenters. The standard InChI is InChI=1S/C26H35ClN4O2/c27-21-6-8-22(9-7-21)31-24-5-3-1-2-4-23(24)25(28-31)26(32)30-14-11-20(12-15-30)10-13-29-16-18-33-19-17-29/h6-9,20H,1-5,10-19H2. The fourth-order valence-electron chi connectivity index (χ4n) is 5.51. The fourth-order valence-corrected chi connectivity index (χ4v) is 5.63. The molecule has 0 bridgehead atoms. The quantitative estimate of drug-likeness (QED) is 0.609. The molecular weight excluding hydrogens is 436 g/mol. The van der Waals surface area contributed by atoms with Crippen molar-refractivity contribution >= 4 is 17.5 Å². The molecule has 0 spiro atoms. The molecule has 33 heavy (non-hydrogen) atoms. The van der Waals surface area contributed by atoms with Gasteiger partial charge in [0.25, 0.3) is 5.91 Å². The number of morpholine rings is 1. The number of rotatable bonds is 5. The minimum Gasteiger partial charge on any atom is -0.379 e. The number of nitrogens with zero attached hydrogens (tertiary/aromatic N) is 4. The number of piperidine rings is 1. The Morgan fingerprint density at radius 1 is 1.00 bits per heavy atom. The first-order valence-corrected chi connectivity index (χ1v) is 13.0. The first-order chi connectivity index (χ1) is 16.2. The third kappa shape index (κ3) is 5.28. The van der Waals surface area contributed by atoms with Gasteiger partial charge in [0.2, 0.25) is 0 Å². The van der Waals surface area contributed by atoms with E-state index in [1.165, 1.54) is 24.1 Å². The molecule has 0 saturated carbocycles. The highest BCUT2D eigenvalue weighted by molar-refractivity contribution is 6.30. The lowest BCUT2D eigenvalue weighted by Crippen LogP contribution is -2.41. The van der Waals surface area contributed by atoms with E-state index in [-0.39, 0.29) is 5.91 Å². The van der Waals surface area contributed by atoms with Crippen molar-refractivity contribution in [1.82, 2.24) is 19.6 Å². The summed E-state index contributed by atoms with van der Waals surface area (Å²) in [5, 5.41) is 5.60. The van der Waals surface area contributed by atoms with Crippen LogP contribution in [0.15, 0.2) is 24.3 Å². The zero-order chi connectivity index (χ0) is 22.6. The van der Waals surface area contributed by atoms with Crippen molar-refractivity contribution in [3.05, 3.63) is 46.2 Å². The van der Waals surface area contributed by atoms with Crippen LogP contribution in [0.3, 0.4) is 0 Å². The van der Waals surface area contributed by atoms with Gasteiger partial charge in [-0.1, -0.05) is 18.0 Å². The highest BCUT2D eigenvalue weighted by Gasteiger charge is 2.30. The second-order valence-electron chi connectivity index (χ2n) is 9.70. The molecule has 2 saturated heterocycles. The number of carbonyl (C=O) groups excluding carboxylic acids is 1. The smallest absolute Gasteiger partial charge is 0.274 e.